The molecule has 0 unspecified atom stereocenters. The van der Waals surface area contributed by atoms with Gasteiger partial charge in [-0.3, -0.25) is 4.79 Å². The topological polar surface area (TPSA) is 118 Å². The molecule has 0 aromatic rings. The van der Waals surface area contributed by atoms with Crippen molar-refractivity contribution in [1.29, 1.82) is 0 Å². The van der Waals surface area contributed by atoms with Gasteiger partial charge < -0.3 is 25.5 Å². The number of carbonyl (C=O) groups is 1. The van der Waals surface area contributed by atoms with Crippen LogP contribution >= 0.6 is 0 Å². The lowest BCUT2D eigenvalue weighted by Gasteiger charge is -2.61. The molecule has 6 nitrogen and oxygen atoms in total. The lowest BCUT2D eigenvalue weighted by Crippen LogP contribution is -2.64. The second-order valence-corrected chi connectivity index (χ2v) is 9.88. The van der Waals surface area contributed by atoms with Gasteiger partial charge in [0.2, 0.25) is 0 Å². The van der Waals surface area contributed by atoms with Crippen molar-refractivity contribution in [3.8, 4) is 0 Å². The third-order valence-corrected chi connectivity index (χ3v) is 8.85. The number of aliphatic hydroxyl groups is 5. The minimum atomic E-state index is -1.44. The molecule has 0 heterocycles. The van der Waals surface area contributed by atoms with Gasteiger partial charge in [0.25, 0.3) is 0 Å². The lowest BCUT2D eigenvalue weighted by atomic mass is 9.45. The molecule has 0 aromatic heterocycles. The highest BCUT2D eigenvalue weighted by atomic mass is 16.4. The van der Waals surface area contributed by atoms with Crippen LogP contribution in [0.3, 0.4) is 0 Å². The van der Waals surface area contributed by atoms with E-state index < -0.39 is 41.3 Å². The molecule has 5 N–H and O–H groups in total. The molecule has 9 atom stereocenters. The summed E-state index contributed by atoms with van der Waals surface area (Å²) >= 11 is 0. The van der Waals surface area contributed by atoms with Crippen LogP contribution in [0.15, 0.2) is 11.6 Å². The van der Waals surface area contributed by atoms with Gasteiger partial charge in [0.15, 0.2) is 5.78 Å². The first kappa shape index (κ1) is 19.5. The van der Waals surface area contributed by atoms with E-state index in [2.05, 4.69) is 6.92 Å². The van der Waals surface area contributed by atoms with Crippen molar-refractivity contribution in [2.75, 3.05) is 6.61 Å². The molecule has 3 fully saturated rings. The Bertz CT molecular complexity index is 676. The molecule has 3 saturated carbocycles. The van der Waals surface area contributed by atoms with E-state index in [4.69, 9.17) is 0 Å². The van der Waals surface area contributed by atoms with Crippen LogP contribution in [0.25, 0.3) is 0 Å². The molecular weight excluding hydrogens is 348 g/mol. The molecule has 0 radical (unpaired) electrons. The Morgan fingerprint density at radius 3 is 2.63 bits per heavy atom. The summed E-state index contributed by atoms with van der Waals surface area (Å²) in [6, 6.07) is 0. The summed E-state index contributed by atoms with van der Waals surface area (Å²) in [5.74, 6) is 0.00939. The number of fused-ring (bicyclic) bond motifs is 5. The summed E-state index contributed by atoms with van der Waals surface area (Å²) in [7, 11) is 0. The van der Waals surface area contributed by atoms with E-state index in [1.807, 2.05) is 6.92 Å². The fourth-order valence-electron chi connectivity index (χ4n) is 7.48. The molecule has 27 heavy (non-hydrogen) atoms. The predicted octanol–water partition coefficient (Wildman–Crippen LogP) is 0.544. The molecule has 0 saturated heterocycles. The van der Waals surface area contributed by atoms with Crippen LogP contribution in [0.5, 0.6) is 0 Å². The highest BCUT2D eigenvalue weighted by Crippen LogP contribution is 2.67. The van der Waals surface area contributed by atoms with Crippen molar-refractivity contribution in [2.24, 2.45) is 28.6 Å². The van der Waals surface area contributed by atoms with Crippen LogP contribution < -0.4 is 0 Å². The monoisotopic (exact) mass is 380 g/mol. The van der Waals surface area contributed by atoms with Gasteiger partial charge >= 0.3 is 0 Å². The Kier molecular flexibility index (Phi) is 4.41. The maximum Gasteiger partial charge on any atom is 0.155 e. The molecule has 152 valence electrons. The first-order chi connectivity index (χ1) is 12.6. The molecule has 6 heteroatoms. The third-order valence-electron chi connectivity index (χ3n) is 8.85. The van der Waals surface area contributed by atoms with Gasteiger partial charge in [0.1, 0.15) is 6.10 Å². The SMILES string of the molecule is C[C@]12CCC(=O)C=C1[C@H](O)C[C@@H]1[C@@H]2[C@@H](O)C[C@@]2(C)[C@H]1CC[C@]2(O)[C@H](O)CO. The maximum absolute atomic E-state index is 11.9. The Morgan fingerprint density at radius 2 is 1.96 bits per heavy atom. The highest BCUT2D eigenvalue weighted by Gasteiger charge is 2.68. The molecule has 4 aliphatic carbocycles. The van der Waals surface area contributed by atoms with Gasteiger partial charge in [-0.05, 0) is 66.9 Å². The number of hydrogen-bond donors (Lipinski definition) is 5. The van der Waals surface area contributed by atoms with Gasteiger partial charge in [-0.2, -0.15) is 0 Å². The summed E-state index contributed by atoms with van der Waals surface area (Å²) < 4.78 is 0. The zero-order valence-electron chi connectivity index (χ0n) is 16.1. The van der Waals surface area contributed by atoms with Crippen LogP contribution in [0.4, 0.5) is 0 Å². The van der Waals surface area contributed by atoms with Gasteiger partial charge in [0.05, 0.1) is 24.4 Å². The molecule has 0 aromatic carbocycles. The van der Waals surface area contributed by atoms with Crippen molar-refractivity contribution in [2.45, 2.75) is 76.3 Å². The molecule has 0 aliphatic heterocycles. The fraction of sp³-hybridized carbons (Fsp3) is 0.857. The van der Waals surface area contributed by atoms with E-state index in [-0.39, 0.29) is 23.5 Å². The van der Waals surface area contributed by atoms with E-state index in [0.29, 0.717) is 38.5 Å². The number of ketones is 1. The second-order valence-electron chi connectivity index (χ2n) is 9.88. The van der Waals surface area contributed by atoms with Gasteiger partial charge in [-0.25, -0.2) is 0 Å². The average Bonchev–Trinajstić information content (AvgIpc) is 2.87. The van der Waals surface area contributed by atoms with Crippen LogP contribution in [0.1, 0.15) is 52.4 Å². The first-order valence-electron chi connectivity index (χ1n) is 10.2. The van der Waals surface area contributed by atoms with Crippen molar-refractivity contribution in [3.05, 3.63) is 11.6 Å². The maximum atomic E-state index is 11.9. The summed E-state index contributed by atoms with van der Waals surface area (Å²) in [5.41, 5.74) is -1.83. The molecule has 0 spiro atoms. The Hall–Kier alpha value is -0.790. The number of aliphatic hydroxyl groups excluding tert-OH is 4. The lowest BCUT2D eigenvalue weighted by molar-refractivity contribution is -0.212. The van der Waals surface area contributed by atoms with Gasteiger partial charge in [0, 0.05) is 11.8 Å². The first-order valence-corrected chi connectivity index (χ1v) is 10.2. The normalized spacial score (nSPS) is 53.2. The van der Waals surface area contributed by atoms with Crippen molar-refractivity contribution in [3.63, 3.8) is 0 Å². The summed E-state index contributed by atoms with van der Waals surface area (Å²) in [6.45, 7) is 3.45. The van der Waals surface area contributed by atoms with E-state index in [1.165, 1.54) is 0 Å². The van der Waals surface area contributed by atoms with E-state index in [0.717, 1.165) is 5.57 Å². The standard InChI is InChI=1S/C21H32O6/c1-19-5-3-11(23)7-14(19)15(24)8-12-13-4-6-21(27,17(26)10-22)20(13,2)9-16(25)18(12)19/h7,12-13,15-18,22,24-27H,3-6,8-10H2,1-2H3/t12-,13-,15+,16-,17+,18+,19-,20-,21-/m0/s1. The second kappa shape index (κ2) is 6.10. The number of rotatable bonds is 2. The Balaban J connectivity index is 1.76. The summed E-state index contributed by atoms with van der Waals surface area (Å²) in [6.07, 6.45) is 1.86. The smallest absolute Gasteiger partial charge is 0.155 e. The largest absolute Gasteiger partial charge is 0.394 e. The number of hydrogen-bond acceptors (Lipinski definition) is 6. The molecule has 0 bridgehead atoms. The molecule has 4 aliphatic rings. The van der Waals surface area contributed by atoms with Crippen LogP contribution in [-0.4, -0.2) is 61.8 Å². The van der Waals surface area contributed by atoms with Gasteiger partial charge in [-0.1, -0.05) is 13.8 Å². The van der Waals surface area contributed by atoms with Crippen LogP contribution in [0.2, 0.25) is 0 Å². The van der Waals surface area contributed by atoms with Gasteiger partial charge in [-0.15, -0.1) is 0 Å². The minimum absolute atomic E-state index is 0.00372. The Morgan fingerprint density at radius 1 is 1.26 bits per heavy atom. The van der Waals surface area contributed by atoms with Crippen LogP contribution in [-0.2, 0) is 4.79 Å². The number of carbonyl (C=O) groups excluding carboxylic acids is 1. The van der Waals surface area contributed by atoms with Crippen molar-refractivity contribution in [1.82, 2.24) is 0 Å². The van der Waals surface area contributed by atoms with Crippen molar-refractivity contribution < 1.29 is 30.3 Å². The van der Waals surface area contributed by atoms with Crippen LogP contribution in [0, 0.1) is 28.6 Å². The van der Waals surface area contributed by atoms with E-state index in [1.54, 1.807) is 6.08 Å². The zero-order chi connectivity index (χ0) is 19.8. The zero-order valence-corrected chi connectivity index (χ0v) is 16.1. The van der Waals surface area contributed by atoms with E-state index >= 15 is 0 Å². The Labute approximate surface area is 159 Å². The highest BCUT2D eigenvalue weighted by molar-refractivity contribution is 5.91. The average molecular weight is 380 g/mol. The van der Waals surface area contributed by atoms with E-state index in [9.17, 15) is 30.3 Å². The summed E-state index contributed by atoms with van der Waals surface area (Å²) in [5, 5.41) is 53.2. The summed E-state index contributed by atoms with van der Waals surface area (Å²) in [4.78, 5) is 11.9. The minimum Gasteiger partial charge on any atom is -0.394 e. The molecule has 0 amide bonds. The molecule has 4 rings (SSSR count). The third kappa shape index (κ3) is 2.40. The fourth-order valence-corrected chi connectivity index (χ4v) is 7.48. The molecular formula is C21H32O6. The van der Waals surface area contributed by atoms with Crippen molar-refractivity contribution >= 4 is 5.78 Å². The quantitative estimate of drug-likeness (QED) is 0.477. The predicted molar refractivity (Wildman–Crippen MR) is 97.5 cm³/mol.